The fourth-order valence-electron chi connectivity index (χ4n) is 1.62. The molecule has 0 saturated carbocycles. The molecule has 0 radical (unpaired) electrons. The summed E-state index contributed by atoms with van der Waals surface area (Å²) in [7, 11) is 3.76. The predicted octanol–water partition coefficient (Wildman–Crippen LogP) is 2.30. The van der Waals surface area contributed by atoms with Crippen molar-refractivity contribution in [2.24, 2.45) is 5.92 Å². The molecular weight excluding hydrogens is 260 g/mol. The van der Waals surface area contributed by atoms with Crippen LogP contribution in [0.5, 0.6) is 0 Å². The summed E-state index contributed by atoms with van der Waals surface area (Å²) in [6.45, 7) is 7.87. The number of thiazole rings is 1. The minimum absolute atomic E-state index is 0.0361. The van der Waals surface area contributed by atoms with Gasteiger partial charge in [0.15, 0.2) is 5.13 Å². The number of anilines is 2. The zero-order chi connectivity index (χ0) is 14.6. The van der Waals surface area contributed by atoms with E-state index in [0.717, 1.165) is 24.6 Å². The molecule has 0 fully saturated rings. The highest BCUT2D eigenvalue weighted by Crippen LogP contribution is 2.28. The number of hydrogen-bond donors (Lipinski definition) is 1. The average Bonchev–Trinajstić information content (AvgIpc) is 2.78. The molecule has 0 saturated heterocycles. The topological polar surface area (TPSA) is 62.5 Å². The molecule has 0 aliphatic rings. The van der Waals surface area contributed by atoms with E-state index in [1.54, 1.807) is 4.90 Å². The zero-order valence-electron chi connectivity index (χ0n) is 12.4. The maximum absolute atomic E-state index is 12.3. The van der Waals surface area contributed by atoms with Gasteiger partial charge in [-0.15, -0.1) is 0 Å². The maximum atomic E-state index is 12.3. The predicted molar refractivity (Wildman–Crippen MR) is 81.9 cm³/mol. The standard InChI is InChI=1S/C13H24N4OS/c1-6-9(3)8-17(5)12(18)10-11(14)15-13(19-10)16(4)7-2/h9H,6-8,14H2,1-5H3. The van der Waals surface area contributed by atoms with E-state index in [1.807, 2.05) is 25.9 Å². The molecule has 2 N–H and O–H groups in total. The van der Waals surface area contributed by atoms with Crippen molar-refractivity contribution >= 4 is 28.2 Å². The van der Waals surface area contributed by atoms with Gasteiger partial charge in [0.1, 0.15) is 10.7 Å². The molecule has 0 aliphatic heterocycles. The number of rotatable bonds is 6. The fraction of sp³-hybridized carbons (Fsp3) is 0.692. The number of carbonyl (C=O) groups is 1. The molecule has 1 aromatic heterocycles. The smallest absolute Gasteiger partial charge is 0.267 e. The first kappa shape index (κ1) is 15.8. The lowest BCUT2D eigenvalue weighted by Crippen LogP contribution is -2.30. The lowest BCUT2D eigenvalue weighted by molar-refractivity contribution is 0.0780. The van der Waals surface area contributed by atoms with Gasteiger partial charge in [-0.2, -0.15) is 0 Å². The Kier molecular flexibility index (Phi) is 5.60. The number of nitrogens with zero attached hydrogens (tertiary/aromatic N) is 3. The summed E-state index contributed by atoms with van der Waals surface area (Å²) in [5, 5.41) is 0.792. The van der Waals surface area contributed by atoms with E-state index >= 15 is 0 Å². The van der Waals surface area contributed by atoms with Gasteiger partial charge in [0.05, 0.1) is 0 Å². The van der Waals surface area contributed by atoms with E-state index in [-0.39, 0.29) is 5.91 Å². The Morgan fingerprint density at radius 3 is 2.58 bits per heavy atom. The van der Waals surface area contributed by atoms with Crippen LogP contribution in [0.2, 0.25) is 0 Å². The molecule has 6 heteroatoms. The van der Waals surface area contributed by atoms with Crippen molar-refractivity contribution in [1.29, 1.82) is 0 Å². The van der Waals surface area contributed by atoms with Gasteiger partial charge in [0.2, 0.25) is 0 Å². The van der Waals surface area contributed by atoms with Crippen molar-refractivity contribution in [2.75, 3.05) is 37.8 Å². The Bertz CT molecular complexity index is 432. The highest BCUT2D eigenvalue weighted by molar-refractivity contribution is 7.18. The molecule has 1 aromatic rings. The van der Waals surface area contributed by atoms with Crippen molar-refractivity contribution in [3.63, 3.8) is 0 Å². The van der Waals surface area contributed by atoms with Crippen LogP contribution in [0.15, 0.2) is 0 Å². The van der Waals surface area contributed by atoms with Gasteiger partial charge in [-0.1, -0.05) is 31.6 Å². The molecule has 0 bridgehead atoms. The summed E-state index contributed by atoms with van der Waals surface area (Å²) in [6.07, 6.45) is 1.06. The molecule has 0 aromatic carbocycles. The zero-order valence-corrected chi connectivity index (χ0v) is 13.3. The Hall–Kier alpha value is -1.30. The van der Waals surface area contributed by atoms with Crippen molar-refractivity contribution in [1.82, 2.24) is 9.88 Å². The van der Waals surface area contributed by atoms with Crippen LogP contribution >= 0.6 is 11.3 Å². The second-order valence-electron chi connectivity index (χ2n) is 4.92. The van der Waals surface area contributed by atoms with Gasteiger partial charge in [-0.3, -0.25) is 4.79 Å². The van der Waals surface area contributed by atoms with Crippen LogP contribution in [0.25, 0.3) is 0 Å². The molecule has 1 amide bonds. The van der Waals surface area contributed by atoms with E-state index < -0.39 is 0 Å². The molecule has 108 valence electrons. The molecule has 0 spiro atoms. The van der Waals surface area contributed by atoms with Crippen LogP contribution in [0, 0.1) is 5.92 Å². The molecule has 1 rings (SSSR count). The second-order valence-corrected chi connectivity index (χ2v) is 5.90. The highest BCUT2D eigenvalue weighted by atomic mass is 32.1. The van der Waals surface area contributed by atoms with Gasteiger partial charge < -0.3 is 15.5 Å². The molecule has 1 unspecified atom stereocenters. The Morgan fingerprint density at radius 2 is 2.05 bits per heavy atom. The summed E-state index contributed by atoms with van der Waals surface area (Å²) >= 11 is 1.36. The summed E-state index contributed by atoms with van der Waals surface area (Å²) in [6, 6.07) is 0. The van der Waals surface area contributed by atoms with E-state index in [1.165, 1.54) is 11.3 Å². The number of nitrogens with two attached hydrogens (primary N) is 1. The number of hydrogen-bond acceptors (Lipinski definition) is 5. The lowest BCUT2D eigenvalue weighted by atomic mass is 10.1. The average molecular weight is 284 g/mol. The minimum Gasteiger partial charge on any atom is -0.382 e. The molecule has 19 heavy (non-hydrogen) atoms. The van der Waals surface area contributed by atoms with Crippen molar-refractivity contribution in [2.45, 2.75) is 27.2 Å². The van der Waals surface area contributed by atoms with Gasteiger partial charge in [-0.25, -0.2) is 4.98 Å². The minimum atomic E-state index is -0.0361. The number of amides is 1. The molecule has 1 atom stereocenters. The van der Waals surface area contributed by atoms with Crippen LogP contribution in [0.3, 0.4) is 0 Å². The van der Waals surface area contributed by atoms with E-state index in [4.69, 9.17) is 5.73 Å². The molecular formula is C13H24N4OS. The highest BCUT2D eigenvalue weighted by Gasteiger charge is 2.21. The number of nitrogen functional groups attached to an aromatic ring is 1. The van der Waals surface area contributed by atoms with Gasteiger partial charge in [-0.05, 0) is 12.8 Å². The summed E-state index contributed by atoms with van der Waals surface area (Å²) in [5.41, 5.74) is 5.86. The van der Waals surface area contributed by atoms with Gasteiger partial charge in [0.25, 0.3) is 5.91 Å². The third kappa shape index (κ3) is 3.83. The van der Waals surface area contributed by atoms with Crippen LogP contribution in [-0.2, 0) is 0 Å². The Morgan fingerprint density at radius 1 is 1.42 bits per heavy atom. The third-order valence-electron chi connectivity index (χ3n) is 3.27. The maximum Gasteiger partial charge on any atom is 0.267 e. The van der Waals surface area contributed by atoms with Crippen molar-refractivity contribution in [3.8, 4) is 0 Å². The second kappa shape index (κ2) is 6.75. The van der Waals surface area contributed by atoms with Gasteiger partial charge in [0, 0.05) is 27.2 Å². The van der Waals surface area contributed by atoms with Crippen LogP contribution in [0.4, 0.5) is 10.9 Å². The number of aromatic nitrogens is 1. The first-order valence-electron chi connectivity index (χ1n) is 6.63. The first-order chi connectivity index (χ1) is 8.90. The molecule has 5 nitrogen and oxygen atoms in total. The van der Waals surface area contributed by atoms with Crippen LogP contribution in [-0.4, -0.2) is 43.0 Å². The van der Waals surface area contributed by atoms with Crippen LogP contribution < -0.4 is 10.6 Å². The van der Waals surface area contributed by atoms with Crippen molar-refractivity contribution in [3.05, 3.63) is 4.88 Å². The summed E-state index contributed by atoms with van der Waals surface area (Å²) < 4.78 is 0. The third-order valence-corrected chi connectivity index (χ3v) is 4.44. The Balaban J connectivity index is 2.84. The normalized spacial score (nSPS) is 12.3. The van der Waals surface area contributed by atoms with Gasteiger partial charge >= 0.3 is 0 Å². The molecule has 0 aliphatic carbocycles. The fourth-order valence-corrected chi connectivity index (χ4v) is 2.63. The Labute approximate surface area is 119 Å². The quantitative estimate of drug-likeness (QED) is 0.870. The lowest BCUT2D eigenvalue weighted by Gasteiger charge is -2.20. The summed E-state index contributed by atoms with van der Waals surface area (Å²) in [4.78, 5) is 20.8. The van der Waals surface area contributed by atoms with Crippen LogP contribution in [0.1, 0.15) is 36.9 Å². The monoisotopic (exact) mass is 284 g/mol. The van der Waals surface area contributed by atoms with E-state index in [2.05, 4.69) is 18.8 Å². The molecule has 1 heterocycles. The van der Waals surface area contributed by atoms with Crippen molar-refractivity contribution < 1.29 is 4.79 Å². The SMILES string of the molecule is CCC(C)CN(C)C(=O)c1sc(N(C)CC)nc1N. The van der Waals surface area contributed by atoms with E-state index in [9.17, 15) is 4.79 Å². The number of carbonyl (C=O) groups excluding carboxylic acids is 1. The summed E-state index contributed by atoms with van der Waals surface area (Å²) in [5.74, 6) is 0.785. The van der Waals surface area contributed by atoms with E-state index in [0.29, 0.717) is 16.6 Å². The largest absolute Gasteiger partial charge is 0.382 e. The first-order valence-corrected chi connectivity index (χ1v) is 7.45.